The fourth-order valence-corrected chi connectivity index (χ4v) is 1.60. The van der Waals surface area contributed by atoms with Crippen LogP contribution in [-0.2, 0) is 4.79 Å². The van der Waals surface area contributed by atoms with Gasteiger partial charge in [-0.1, -0.05) is 40.0 Å². The molecule has 4 heteroatoms. The molecule has 0 saturated heterocycles. The monoisotopic (exact) mass is 230 g/mol. The average molecular weight is 230 g/mol. The minimum absolute atomic E-state index is 0.216. The van der Waals surface area contributed by atoms with Crippen LogP contribution in [0.4, 0.5) is 0 Å². The van der Waals surface area contributed by atoms with Gasteiger partial charge in [0.15, 0.2) is 0 Å². The van der Waals surface area contributed by atoms with Gasteiger partial charge >= 0.3 is 5.97 Å². The van der Waals surface area contributed by atoms with Gasteiger partial charge in [0.2, 0.25) is 0 Å². The lowest BCUT2D eigenvalue weighted by molar-refractivity contribution is -0.138. The standard InChI is InChI=1S/C12H26N2O2/c1-4-5-6-7-12(2,3)9-14-8-10(13)11(15)16/h10,14H,4-9,13H2,1-3H3,(H,15,16). The quantitative estimate of drug-likeness (QED) is 0.526. The molecule has 16 heavy (non-hydrogen) atoms. The molecule has 0 aromatic heterocycles. The molecule has 0 fully saturated rings. The topological polar surface area (TPSA) is 75.3 Å². The molecule has 1 atom stereocenters. The van der Waals surface area contributed by atoms with E-state index in [1.807, 2.05) is 0 Å². The predicted octanol–water partition coefficient (Wildman–Crippen LogP) is 1.59. The third kappa shape index (κ3) is 7.65. The highest BCUT2D eigenvalue weighted by Gasteiger charge is 2.18. The average Bonchev–Trinajstić information content (AvgIpc) is 2.17. The highest BCUT2D eigenvalue weighted by atomic mass is 16.4. The molecule has 0 bridgehead atoms. The second-order valence-electron chi connectivity index (χ2n) is 5.20. The number of unbranched alkanes of at least 4 members (excludes halogenated alkanes) is 2. The van der Waals surface area contributed by atoms with Gasteiger partial charge in [0.25, 0.3) is 0 Å². The fourth-order valence-electron chi connectivity index (χ4n) is 1.60. The third-order valence-electron chi connectivity index (χ3n) is 2.74. The van der Waals surface area contributed by atoms with Crippen LogP contribution in [0.5, 0.6) is 0 Å². The molecular weight excluding hydrogens is 204 g/mol. The van der Waals surface area contributed by atoms with Crippen LogP contribution >= 0.6 is 0 Å². The van der Waals surface area contributed by atoms with E-state index in [1.165, 1.54) is 19.3 Å². The molecule has 0 amide bonds. The first-order chi connectivity index (χ1) is 7.39. The molecule has 0 aliphatic rings. The van der Waals surface area contributed by atoms with Crippen LogP contribution in [0, 0.1) is 5.41 Å². The SMILES string of the molecule is CCCCCC(C)(C)CNCC(N)C(=O)O. The van der Waals surface area contributed by atoms with Gasteiger partial charge in [-0.3, -0.25) is 4.79 Å². The number of rotatable bonds is 9. The number of hydrogen-bond donors (Lipinski definition) is 3. The van der Waals surface area contributed by atoms with Crippen molar-refractivity contribution < 1.29 is 9.90 Å². The van der Waals surface area contributed by atoms with Crippen molar-refractivity contribution >= 4 is 5.97 Å². The van der Waals surface area contributed by atoms with Crippen LogP contribution in [-0.4, -0.2) is 30.2 Å². The Bertz CT molecular complexity index is 205. The van der Waals surface area contributed by atoms with Crippen LogP contribution < -0.4 is 11.1 Å². The maximum Gasteiger partial charge on any atom is 0.321 e. The Morgan fingerprint density at radius 3 is 2.56 bits per heavy atom. The predicted molar refractivity (Wildman–Crippen MR) is 66.4 cm³/mol. The molecule has 0 radical (unpaired) electrons. The minimum Gasteiger partial charge on any atom is -0.480 e. The van der Waals surface area contributed by atoms with Crippen molar-refractivity contribution in [2.45, 2.75) is 52.5 Å². The minimum atomic E-state index is -0.948. The number of nitrogens with one attached hydrogen (secondary N) is 1. The summed E-state index contributed by atoms with van der Waals surface area (Å²) in [6.07, 6.45) is 4.89. The molecule has 0 heterocycles. The van der Waals surface area contributed by atoms with Crippen LogP contribution in [0.25, 0.3) is 0 Å². The van der Waals surface area contributed by atoms with Gasteiger partial charge in [0.05, 0.1) is 0 Å². The van der Waals surface area contributed by atoms with E-state index in [9.17, 15) is 4.79 Å². The van der Waals surface area contributed by atoms with Crippen LogP contribution in [0.1, 0.15) is 46.5 Å². The van der Waals surface area contributed by atoms with Gasteiger partial charge in [-0.2, -0.15) is 0 Å². The van der Waals surface area contributed by atoms with Crippen molar-refractivity contribution in [2.75, 3.05) is 13.1 Å². The smallest absolute Gasteiger partial charge is 0.321 e. The second kappa shape index (κ2) is 7.63. The summed E-state index contributed by atoms with van der Waals surface area (Å²) in [5.74, 6) is -0.948. The first-order valence-corrected chi connectivity index (χ1v) is 6.08. The summed E-state index contributed by atoms with van der Waals surface area (Å²) < 4.78 is 0. The van der Waals surface area contributed by atoms with Crippen molar-refractivity contribution in [3.8, 4) is 0 Å². The van der Waals surface area contributed by atoms with E-state index < -0.39 is 12.0 Å². The molecule has 0 aromatic rings. The van der Waals surface area contributed by atoms with Crippen molar-refractivity contribution in [2.24, 2.45) is 11.1 Å². The molecule has 96 valence electrons. The van der Waals surface area contributed by atoms with Crippen LogP contribution in [0.3, 0.4) is 0 Å². The molecule has 0 aliphatic heterocycles. The van der Waals surface area contributed by atoms with Crippen molar-refractivity contribution in [3.05, 3.63) is 0 Å². The van der Waals surface area contributed by atoms with Gasteiger partial charge in [-0.25, -0.2) is 0 Å². The molecule has 1 unspecified atom stereocenters. The van der Waals surface area contributed by atoms with E-state index in [4.69, 9.17) is 10.8 Å². The van der Waals surface area contributed by atoms with Crippen LogP contribution in [0.2, 0.25) is 0 Å². The first kappa shape index (κ1) is 15.4. The summed E-state index contributed by atoms with van der Waals surface area (Å²) in [6, 6.07) is -0.800. The summed E-state index contributed by atoms with van der Waals surface area (Å²) in [5.41, 5.74) is 5.62. The Kier molecular flexibility index (Phi) is 7.34. The highest BCUT2D eigenvalue weighted by Crippen LogP contribution is 2.22. The maximum atomic E-state index is 10.5. The van der Waals surface area contributed by atoms with Gasteiger partial charge < -0.3 is 16.2 Å². The van der Waals surface area contributed by atoms with Gasteiger partial charge in [-0.05, 0) is 11.8 Å². The number of nitrogens with two attached hydrogens (primary N) is 1. The zero-order valence-corrected chi connectivity index (χ0v) is 10.8. The molecule has 0 spiro atoms. The number of carboxylic acids is 1. The Labute approximate surface area is 98.6 Å². The lowest BCUT2D eigenvalue weighted by Gasteiger charge is -2.25. The van der Waals surface area contributed by atoms with Crippen molar-refractivity contribution in [1.82, 2.24) is 5.32 Å². The van der Waals surface area contributed by atoms with Crippen LogP contribution in [0.15, 0.2) is 0 Å². The fraction of sp³-hybridized carbons (Fsp3) is 0.917. The maximum absolute atomic E-state index is 10.5. The number of carbonyl (C=O) groups is 1. The normalized spacial score (nSPS) is 13.8. The molecule has 4 N–H and O–H groups in total. The second-order valence-corrected chi connectivity index (χ2v) is 5.20. The summed E-state index contributed by atoms with van der Waals surface area (Å²) in [7, 11) is 0. The van der Waals surface area contributed by atoms with E-state index >= 15 is 0 Å². The first-order valence-electron chi connectivity index (χ1n) is 6.08. The van der Waals surface area contributed by atoms with Crippen molar-refractivity contribution in [3.63, 3.8) is 0 Å². The van der Waals surface area contributed by atoms with E-state index in [2.05, 4.69) is 26.1 Å². The molecule has 0 aliphatic carbocycles. The van der Waals surface area contributed by atoms with E-state index in [1.54, 1.807) is 0 Å². The summed E-state index contributed by atoms with van der Waals surface area (Å²) in [5, 5.41) is 11.7. The van der Waals surface area contributed by atoms with E-state index in [0.29, 0.717) is 6.54 Å². The summed E-state index contributed by atoms with van der Waals surface area (Å²) >= 11 is 0. The Morgan fingerprint density at radius 1 is 1.44 bits per heavy atom. The van der Waals surface area contributed by atoms with Gasteiger partial charge in [-0.15, -0.1) is 0 Å². The third-order valence-corrected chi connectivity index (χ3v) is 2.74. The lowest BCUT2D eigenvalue weighted by Crippen LogP contribution is -2.43. The molecule has 0 rings (SSSR count). The molecule has 0 saturated carbocycles. The Hall–Kier alpha value is -0.610. The largest absolute Gasteiger partial charge is 0.480 e. The van der Waals surface area contributed by atoms with E-state index in [0.717, 1.165) is 13.0 Å². The van der Waals surface area contributed by atoms with Gasteiger partial charge in [0.1, 0.15) is 6.04 Å². The molecular formula is C12H26N2O2. The van der Waals surface area contributed by atoms with Gasteiger partial charge in [0, 0.05) is 13.1 Å². The number of carboxylic acid groups (broad SMARTS) is 1. The molecule has 4 nitrogen and oxygen atoms in total. The molecule has 0 aromatic carbocycles. The Morgan fingerprint density at radius 2 is 2.06 bits per heavy atom. The highest BCUT2D eigenvalue weighted by molar-refractivity contribution is 5.73. The zero-order valence-electron chi connectivity index (χ0n) is 10.8. The number of hydrogen-bond acceptors (Lipinski definition) is 3. The zero-order chi connectivity index (χ0) is 12.6. The summed E-state index contributed by atoms with van der Waals surface area (Å²) in [6.45, 7) is 7.74. The Balaban J connectivity index is 3.68. The van der Waals surface area contributed by atoms with Crippen molar-refractivity contribution in [1.29, 1.82) is 0 Å². The number of aliphatic carboxylic acids is 1. The lowest BCUT2D eigenvalue weighted by atomic mass is 9.87. The van der Waals surface area contributed by atoms with E-state index in [-0.39, 0.29) is 5.41 Å². The summed E-state index contributed by atoms with van der Waals surface area (Å²) in [4.78, 5) is 10.5.